The summed E-state index contributed by atoms with van der Waals surface area (Å²) < 4.78 is 41.7. The Balaban J connectivity index is 0. The third-order valence-corrected chi connectivity index (χ3v) is 0.832. The minimum atomic E-state index is -4.24. The molecule has 6 heteroatoms. The average Bonchev–Trinajstić information content (AvgIpc) is 2.11. The van der Waals surface area contributed by atoms with Gasteiger partial charge in [-0.1, -0.05) is 13.2 Å². The van der Waals surface area contributed by atoms with Crippen molar-refractivity contribution in [3.05, 3.63) is 25.7 Å². The van der Waals surface area contributed by atoms with Crippen molar-refractivity contribution in [2.24, 2.45) is 0 Å². The lowest BCUT2D eigenvalue weighted by Gasteiger charge is -2.02. The molecule has 0 aliphatic rings. The van der Waals surface area contributed by atoms with E-state index in [0.717, 1.165) is 6.26 Å². The highest BCUT2D eigenvalue weighted by Crippen LogP contribution is 2.13. The maximum atomic E-state index is 11.1. The zero-order chi connectivity index (χ0) is 11.4. The molecule has 0 bridgehead atoms. The normalized spacial score (nSPS) is 9.43. The molecule has 0 rings (SSSR count). The lowest BCUT2D eigenvalue weighted by molar-refractivity contribution is -0.161. The van der Waals surface area contributed by atoms with Gasteiger partial charge in [0.2, 0.25) is 0 Å². The van der Waals surface area contributed by atoms with Crippen molar-refractivity contribution in [2.45, 2.75) is 6.18 Å². The Kier molecular flexibility index (Phi) is 11.4. The standard InChI is InChI=1S/C4H7ClO.C4H5F3O/c1-2-6-4-3-5;1-2-8-3-4(5,6)7/h2H,1,3-4H2;2H,1,3H2. The quantitative estimate of drug-likeness (QED) is 0.412. The molecule has 0 amide bonds. The predicted molar refractivity (Wildman–Crippen MR) is 49.1 cm³/mol. The Bertz CT molecular complexity index is 148. The van der Waals surface area contributed by atoms with Crippen molar-refractivity contribution in [1.29, 1.82) is 0 Å². The Morgan fingerprint density at radius 2 is 1.64 bits per heavy atom. The highest BCUT2D eigenvalue weighted by Gasteiger charge is 2.27. The lowest BCUT2D eigenvalue weighted by atomic mass is 10.7. The molecule has 0 aliphatic heterocycles. The number of alkyl halides is 4. The minimum absolute atomic E-state index is 0.534. The van der Waals surface area contributed by atoms with Gasteiger partial charge in [0.1, 0.15) is 6.61 Å². The van der Waals surface area contributed by atoms with Crippen LogP contribution in [0.2, 0.25) is 0 Å². The van der Waals surface area contributed by atoms with Gasteiger partial charge in [0.15, 0.2) is 6.61 Å². The van der Waals surface area contributed by atoms with E-state index in [1.807, 2.05) is 0 Å². The summed E-state index contributed by atoms with van der Waals surface area (Å²) in [6.07, 6.45) is -2.11. The van der Waals surface area contributed by atoms with Crippen molar-refractivity contribution in [1.82, 2.24) is 0 Å². The zero-order valence-electron chi connectivity index (χ0n) is 7.52. The SMILES string of the molecule is C=COCC(F)(F)F.C=COCCCl. The van der Waals surface area contributed by atoms with E-state index in [2.05, 4.69) is 22.6 Å². The fourth-order valence-corrected chi connectivity index (χ4v) is 0.370. The second kappa shape index (κ2) is 10.2. The van der Waals surface area contributed by atoms with Gasteiger partial charge in [0.05, 0.1) is 18.4 Å². The van der Waals surface area contributed by atoms with Crippen molar-refractivity contribution in [2.75, 3.05) is 19.1 Å². The first-order valence-corrected chi connectivity index (χ1v) is 4.09. The summed E-state index contributed by atoms with van der Waals surface area (Å²) in [5, 5.41) is 0. The van der Waals surface area contributed by atoms with Crippen molar-refractivity contribution in [3.63, 3.8) is 0 Å². The van der Waals surface area contributed by atoms with Gasteiger partial charge >= 0.3 is 6.18 Å². The van der Waals surface area contributed by atoms with Crippen molar-refractivity contribution >= 4 is 11.6 Å². The molecular formula is C8H12ClF3O2. The second-order valence-corrected chi connectivity index (χ2v) is 2.20. The molecule has 0 N–H and O–H groups in total. The molecule has 0 aromatic carbocycles. The molecule has 0 aromatic rings. The third-order valence-electron chi connectivity index (χ3n) is 0.678. The monoisotopic (exact) mass is 232 g/mol. The van der Waals surface area contributed by atoms with Gasteiger partial charge in [-0.2, -0.15) is 13.2 Å². The van der Waals surface area contributed by atoms with E-state index in [9.17, 15) is 13.2 Å². The van der Waals surface area contributed by atoms with Crippen LogP contribution in [0.3, 0.4) is 0 Å². The van der Waals surface area contributed by atoms with Gasteiger partial charge in [0.25, 0.3) is 0 Å². The van der Waals surface area contributed by atoms with E-state index in [1.165, 1.54) is 6.26 Å². The second-order valence-electron chi connectivity index (χ2n) is 1.82. The topological polar surface area (TPSA) is 18.5 Å². The van der Waals surface area contributed by atoms with E-state index in [0.29, 0.717) is 12.5 Å². The Labute approximate surface area is 85.9 Å². The summed E-state index contributed by atoms with van der Waals surface area (Å²) in [5.41, 5.74) is 0. The van der Waals surface area contributed by atoms with Gasteiger partial charge in [0, 0.05) is 0 Å². The van der Waals surface area contributed by atoms with Gasteiger partial charge < -0.3 is 9.47 Å². The Hall–Kier alpha value is -0.840. The van der Waals surface area contributed by atoms with Crippen LogP contribution in [0.5, 0.6) is 0 Å². The molecule has 0 radical (unpaired) electrons. The van der Waals surface area contributed by atoms with E-state index in [4.69, 9.17) is 11.6 Å². The molecular weight excluding hydrogens is 221 g/mol. The fraction of sp³-hybridized carbons (Fsp3) is 0.500. The van der Waals surface area contributed by atoms with Gasteiger partial charge in [-0.3, -0.25) is 0 Å². The lowest BCUT2D eigenvalue weighted by Crippen LogP contribution is -2.14. The smallest absolute Gasteiger partial charge is 0.422 e. The number of rotatable bonds is 5. The van der Waals surface area contributed by atoms with E-state index in [1.54, 1.807) is 0 Å². The minimum Gasteiger partial charge on any atom is -0.501 e. The maximum absolute atomic E-state index is 11.1. The molecule has 0 aromatic heterocycles. The Morgan fingerprint density at radius 1 is 1.14 bits per heavy atom. The summed E-state index contributed by atoms with van der Waals surface area (Å²) in [5.74, 6) is 0.534. The number of ether oxygens (including phenoxy) is 2. The highest BCUT2D eigenvalue weighted by atomic mass is 35.5. The van der Waals surface area contributed by atoms with Crippen LogP contribution in [0.4, 0.5) is 13.2 Å². The molecule has 0 saturated carbocycles. The molecule has 2 nitrogen and oxygen atoms in total. The fourth-order valence-electron chi connectivity index (χ4n) is 0.281. The first-order valence-electron chi connectivity index (χ1n) is 3.55. The van der Waals surface area contributed by atoms with Crippen LogP contribution in [0.15, 0.2) is 25.7 Å². The van der Waals surface area contributed by atoms with Crippen LogP contribution in [0.25, 0.3) is 0 Å². The van der Waals surface area contributed by atoms with E-state index < -0.39 is 12.8 Å². The van der Waals surface area contributed by atoms with Gasteiger partial charge in [-0.05, 0) is 0 Å². The van der Waals surface area contributed by atoms with Crippen LogP contribution in [0.1, 0.15) is 0 Å². The summed E-state index contributed by atoms with van der Waals surface area (Å²) in [6.45, 7) is 5.57. The molecule has 0 spiro atoms. The number of hydrogen-bond acceptors (Lipinski definition) is 2. The number of hydrogen-bond donors (Lipinski definition) is 0. The Morgan fingerprint density at radius 3 is 1.79 bits per heavy atom. The first kappa shape index (κ1) is 15.6. The average molecular weight is 233 g/mol. The zero-order valence-corrected chi connectivity index (χ0v) is 8.27. The maximum Gasteiger partial charge on any atom is 0.422 e. The molecule has 0 unspecified atom stereocenters. The van der Waals surface area contributed by atoms with Crippen LogP contribution in [-0.2, 0) is 9.47 Å². The predicted octanol–water partition coefficient (Wildman–Crippen LogP) is 3.09. The molecule has 0 atom stereocenters. The van der Waals surface area contributed by atoms with E-state index >= 15 is 0 Å². The summed E-state index contributed by atoms with van der Waals surface area (Å²) >= 11 is 5.21. The van der Waals surface area contributed by atoms with E-state index in [-0.39, 0.29) is 0 Å². The highest BCUT2D eigenvalue weighted by molar-refractivity contribution is 6.17. The van der Waals surface area contributed by atoms with Crippen LogP contribution >= 0.6 is 11.6 Å². The largest absolute Gasteiger partial charge is 0.501 e. The first-order chi connectivity index (χ1) is 6.47. The van der Waals surface area contributed by atoms with Crippen LogP contribution in [0, 0.1) is 0 Å². The van der Waals surface area contributed by atoms with Crippen molar-refractivity contribution < 1.29 is 22.6 Å². The molecule has 0 aliphatic carbocycles. The molecule has 14 heavy (non-hydrogen) atoms. The molecule has 84 valence electrons. The number of halogens is 4. The van der Waals surface area contributed by atoms with Gasteiger partial charge in [-0.15, -0.1) is 11.6 Å². The third kappa shape index (κ3) is 22.5. The van der Waals surface area contributed by atoms with Crippen LogP contribution < -0.4 is 0 Å². The molecule has 0 fully saturated rings. The molecule has 0 saturated heterocycles. The van der Waals surface area contributed by atoms with Gasteiger partial charge in [-0.25, -0.2) is 0 Å². The summed E-state index contributed by atoms with van der Waals surface area (Å²) in [7, 11) is 0. The summed E-state index contributed by atoms with van der Waals surface area (Å²) in [4.78, 5) is 0. The molecule has 0 heterocycles. The summed E-state index contributed by atoms with van der Waals surface area (Å²) in [6, 6.07) is 0. The van der Waals surface area contributed by atoms with Crippen LogP contribution in [-0.4, -0.2) is 25.3 Å². The van der Waals surface area contributed by atoms with Crippen molar-refractivity contribution in [3.8, 4) is 0 Å².